The normalized spacial score (nSPS) is 35.1. The number of rotatable bonds is 5. The first-order chi connectivity index (χ1) is 9.79. The molecule has 0 aromatic carbocycles. The van der Waals surface area contributed by atoms with Crippen LogP contribution in [0, 0.1) is 11.8 Å². The average Bonchev–Trinajstić information content (AvgIpc) is 3.32. The van der Waals surface area contributed by atoms with Crippen LogP contribution < -0.4 is 5.32 Å². The monoisotopic (exact) mass is 278 g/mol. The zero-order valence-electron chi connectivity index (χ0n) is 13.6. The molecule has 0 bridgehead atoms. The lowest BCUT2D eigenvalue weighted by atomic mass is 9.82. The molecule has 0 aromatic heterocycles. The van der Waals surface area contributed by atoms with Gasteiger partial charge in [0.05, 0.1) is 0 Å². The van der Waals surface area contributed by atoms with E-state index < -0.39 is 0 Å². The van der Waals surface area contributed by atoms with Crippen LogP contribution in [0.15, 0.2) is 0 Å². The highest BCUT2D eigenvalue weighted by Gasteiger charge is 2.41. The fraction of sp³-hybridized carbons (Fsp3) is 1.00. The highest BCUT2D eigenvalue weighted by atomic mass is 15.3. The number of hydrogen-bond acceptors (Lipinski definition) is 2. The van der Waals surface area contributed by atoms with Gasteiger partial charge in [-0.1, -0.05) is 32.6 Å². The van der Waals surface area contributed by atoms with E-state index in [1.165, 1.54) is 70.9 Å². The first-order valence-corrected chi connectivity index (χ1v) is 9.28. The molecule has 1 aliphatic heterocycles. The third-order valence-corrected chi connectivity index (χ3v) is 6.08. The molecule has 1 saturated heterocycles. The summed E-state index contributed by atoms with van der Waals surface area (Å²) in [6.45, 7) is 7.40. The van der Waals surface area contributed by atoms with Gasteiger partial charge >= 0.3 is 0 Å². The average molecular weight is 278 g/mol. The molecule has 3 unspecified atom stereocenters. The van der Waals surface area contributed by atoms with E-state index in [4.69, 9.17) is 0 Å². The molecule has 116 valence electrons. The second-order valence-corrected chi connectivity index (χ2v) is 7.65. The van der Waals surface area contributed by atoms with Gasteiger partial charge in [-0.15, -0.1) is 0 Å². The van der Waals surface area contributed by atoms with Gasteiger partial charge in [0.25, 0.3) is 0 Å². The number of piperazine rings is 1. The second kappa shape index (κ2) is 6.79. The maximum absolute atomic E-state index is 3.95. The number of hydrogen-bond donors (Lipinski definition) is 1. The van der Waals surface area contributed by atoms with Crippen molar-refractivity contribution in [1.29, 1.82) is 0 Å². The van der Waals surface area contributed by atoms with Crippen molar-refractivity contribution < 1.29 is 0 Å². The van der Waals surface area contributed by atoms with Crippen LogP contribution in [0.1, 0.15) is 71.6 Å². The van der Waals surface area contributed by atoms with Crippen molar-refractivity contribution in [1.82, 2.24) is 10.2 Å². The van der Waals surface area contributed by atoms with Crippen molar-refractivity contribution in [2.45, 2.75) is 89.8 Å². The molecule has 1 heterocycles. The van der Waals surface area contributed by atoms with Crippen molar-refractivity contribution in [3.63, 3.8) is 0 Å². The topological polar surface area (TPSA) is 15.3 Å². The molecule has 20 heavy (non-hydrogen) atoms. The zero-order valence-corrected chi connectivity index (χ0v) is 13.6. The van der Waals surface area contributed by atoms with Gasteiger partial charge < -0.3 is 5.32 Å². The molecule has 0 spiro atoms. The van der Waals surface area contributed by atoms with E-state index >= 15 is 0 Å². The summed E-state index contributed by atoms with van der Waals surface area (Å²) in [5.74, 6) is 1.97. The maximum atomic E-state index is 3.95. The quantitative estimate of drug-likeness (QED) is 0.822. The van der Waals surface area contributed by atoms with Crippen LogP contribution in [0.5, 0.6) is 0 Å². The van der Waals surface area contributed by atoms with Crippen LogP contribution in [0.3, 0.4) is 0 Å². The van der Waals surface area contributed by atoms with E-state index in [1.807, 2.05) is 0 Å². The van der Waals surface area contributed by atoms with Crippen LogP contribution in [0.4, 0.5) is 0 Å². The molecule has 3 atom stereocenters. The van der Waals surface area contributed by atoms with Crippen LogP contribution in [0.25, 0.3) is 0 Å². The first kappa shape index (κ1) is 14.8. The summed E-state index contributed by atoms with van der Waals surface area (Å²) >= 11 is 0. The van der Waals surface area contributed by atoms with E-state index in [2.05, 4.69) is 24.1 Å². The Kier molecular flexibility index (Phi) is 5.04. The third-order valence-electron chi connectivity index (χ3n) is 6.08. The molecule has 2 heteroatoms. The molecule has 0 aromatic rings. The van der Waals surface area contributed by atoms with Crippen LogP contribution in [-0.2, 0) is 0 Å². The summed E-state index contributed by atoms with van der Waals surface area (Å²) in [7, 11) is 0. The van der Waals surface area contributed by atoms with E-state index in [0.717, 1.165) is 30.0 Å². The summed E-state index contributed by atoms with van der Waals surface area (Å²) in [4.78, 5) is 2.90. The molecule has 3 aliphatic rings. The maximum Gasteiger partial charge on any atom is 0.0252 e. The Hall–Kier alpha value is -0.0800. The molecular formula is C18H34N2. The molecule has 0 radical (unpaired) electrons. The Morgan fingerprint density at radius 2 is 1.80 bits per heavy atom. The minimum absolute atomic E-state index is 0.782. The van der Waals surface area contributed by atoms with E-state index in [-0.39, 0.29) is 0 Å². The molecule has 1 N–H and O–H groups in total. The zero-order chi connectivity index (χ0) is 13.9. The minimum atomic E-state index is 0.782. The molecule has 2 nitrogen and oxygen atoms in total. The molecule has 3 fully saturated rings. The summed E-state index contributed by atoms with van der Waals surface area (Å²) in [6, 6.07) is 2.42. The Balaban J connectivity index is 1.62. The molecule has 3 rings (SSSR count). The molecule has 2 aliphatic carbocycles. The van der Waals surface area contributed by atoms with Crippen LogP contribution >= 0.6 is 0 Å². The predicted octanol–water partition coefficient (Wildman–Crippen LogP) is 3.81. The SMILES string of the molecule is CCCC(C)N1CC(C2CCCCC2)NCC1C1CC1. The Morgan fingerprint density at radius 3 is 2.45 bits per heavy atom. The summed E-state index contributed by atoms with van der Waals surface area (Å²) in [5, 5.41) is 3.95. The summed E-state index contributed by atoms with van der Waals surface area (Å²) in [5.41, 5.74) is 0. The Bertz CT molecular complexity index is 294. The molecule has 0 amide bonds. The second-order valence-electron chi connectivity index (χ2n) is 7.65. The standard InChI is InChI=1S/C18H34N2/c1-3-7-14(2)20-13-17(15-8-5-4-6-9-15)19-12-18(20)16-10-11-16/h14-19H,3-13H2,1-2H3. The lowest BCUT2D eigenvalue weighted by Gasteiger charge is -2.47. The molecule has 2 saturated carbocycles. The van der Waals surface area contributed by atoms with Crippen LogP contribution in [-0.4, -0.2) is 36.1 Å². The summed E-state index contributed by atoms with van der Waals surface area (Å²) < 4.78 is 0. The smallest absolute Gasteiger partial charge is 0.0252 e. The van der Waals surface area contributed by atoms with Crippen molar-refractivity contribution in [3.8, 4) is 0 Å². The van der Waals surface area contributed by atoms with Gasteiger partial charge in [0, 0.05) is 31.2 Å². The lowest BCUT2D eigenvalue weighted by Crippen LogP contribution is -2.61. The van der Waals surface area contributed by atoms with Crippen molar-refractivity contribution >= 4 is 0 Å². The van der Waals surface area contributed by atoms with Gasteiger partial charge in [-0.2, -0.15) is 0 Å². The van der Waals surface area contributed by atoms with Gasteiger partial charge in [-0.3, -0.25) is 4.90 Å². The van der Waals surface area contributed by atoms with Gasteiger partial charge in [-0.05, 0) is 50.9 Å². The fourth-order valence-corrected chi connectivity index (χ4v) is 4.68. The predicted molar refractivity (Wildman–Crippen MR) is 86.0 cm³/mol. The van der Waals surface area contributed by atoms with Gasteiger partial charge in [0.15, 0.2) is 0 Å². The van der Waals surface area contributed by atoms with Gasteiger partial charge in [0.2, 0.25) is 0 Å². The third kappa shape index (κ3) is 3.39. The van der Waals surface area contributed by atoms with E-state index in [9.17, 15) is 0 Å². The van der Waals surface area contributed by atoms with E-state index in [1.54, 1.807) is 0 Å². The highest BCUT2D eigenvalue weighted by Crippen LogP contribution is 2.38. The lowest BCUT2D eigenvalue weighted by molar-refractivity contribution is 0.0501. The first-order valence-electron chi connectivity index (χ1n) is 9.28. The number of nitrogens with zero attached hydrogens (tertiary/aromatic N) is 1. The van der Waals surface area contributed by atoms with Crippen molar-refractivity contribution in [2.24, 2.45) is 11.8 Å². The van der Waals surface area contributed by atoms with Crippen molar-refractivity contribution in [3.05, 3.63) is 0 Å². The largest absolute Gasteiger partial charge is 0.311 e. The number of nitrogens with one attached hydrogen (secondary N) is 1. The molecular weight excluding hydrogens is 244 g/mol. The van der Waals surface area contributed by atoms with Gasteiger partial charge in [0.1, 0.15) is 0 Å². The van der Waals surface area contributed by atoms with Gasteiger partial charge in [-0.25, -0.2) is 0 Å². The van der Waals surface area contributed by atoms with Crippen molar-refractivity contribution in [2.75, 3.05) is 13.1 Å². The summed E-state index contributed by atoms with van der Waals surface area (Å²) in [6.07, 6.45) is 13.0. The van der Waals surface area contributed by atoms with E-state index in [0.29, 0.717) is 0 Å². The minimum Gasteiger partial charge on any atom is -0.311 e. The van der Waals surface area contributed by atoms with Crippen LogP contribution in [0.2, 0.25) is 0 Å². The Labute approximate surface area is 125 Å². The Morgan fingerprint density at radius 1 is 1.05 bits per heavy atom. The fourth-order valence-electron chi connectivity index (χ4n) is 4.68. The highest BCUT2D eigenvalue weighted by molar-refractivity contribution is 4.98.